The molecule has 2 nitrogen and oxygen atoms in total. The molecule has 0 fully saturated rings. The standard InChI is InChI=1S/C12H14BrF2NO/c1-7(13)12(17)16(3)8(2)10-6-9(14)4-5-11(10)15/h4-8H,1-3H3. The first-order valence-corrected chi connectivity index (χ1v) is 6.12. The van der Waals surface area contributed by atoms with Crippen molar-refractivity contribution < 1.29 is 13.6 Å². The zero-order chi connectivity index (χ0) is 13.2. The van der Waals surface area contributed by atoms with Crippen LogP contribution in [-0.2, 0) is 4.79 Å². The maximum atomic E-state index is 13.5. The molecule has 0 aromatic heterocycles. The van der Waals surface area contributed by atoms with Crippen molar-refractivity contribution in [3.8, 4) is 0 Å². The third kappa shape index (κ3) is 3.25. The van der Waals surface area contributed by atoms with Gasteiger partial charge >= 0.3 is 0 Å². The second-order valence-corrected chi connectivity index (χ2v) is 5.28. The first-order valence-electron chi connectivity index (χ1n) is 5.20. The number of carbonyl (C=O) groups is 1. The molecule has 0 aliphatic heterocycles. The van der Waals surface area contributed by atoms with Gasteiger partial charge in [0.05, 0.1) is 10.9 Å². The number of amides is 1. The van der Waals surface area contributed by atoms with Crippen LogP contribution in [0.5, 0.6) is 0 Å². The Morgan fingerprint density at radius 2 is 1.94 bits per heavy atom. The normalized spacial score (nSPS) is 14.2. The molecule has 0 N–H and O–H groups in total. The Morgan fingerprint density at radius 3 is 2.47 bits per heavy atom. The summed E-state index contributed by atoms with van der Waals surface area (Å²) in [6.07, 6.45) is 0. The van der Waals surface area contributed by atoms with E-state index in [0.717, 1.165) is 18.2 Å². The fourth-order valence-electron chi connectivity index (χ4n) is 1.51. The van der Waals surface area contributed by atoms with Gasteiger partial charge in [0.2, 0.25) is 5.91 Å². The van der Waals surface area contributed by atoms with Gasteiger partial charge in [0.1, 0.15) is 11.6 Å². The molecule has 0 saturated carbocycles. The number of hydrogen-bond acceptors (Lipinski definition) is 1. The minimum absolute atomic E-state index is 0.175. The summed E-state index contributed by atoms with van der Waals surface area (Å²) in [4.78, 5) is 12.7. The SMILES string of the molecule is CC(Br)C(=O)N(C)C(C)c1cc(F)ccc1F. The van der Waals surface area contributed by atoms with Crippen LogP contribution in [0.15, 0.2) is 18.2 Å². The third-order valence-electron chi connectivity index (χ3n) is 2.68. The Balaban J connectivity index is 2.99. The summed E-state index contributed by atoms with van der Waals surface area (Å²) in [5.74, 6) is -1.21. The fourth-order valence-corrected chi connectivity index (χ4v) is 1.84. The molecule has 0 radical (unpaired) electrons. The number of nitrogens with zero attached hydrogens (tertiary/aromatic N) is 1. The van der Waals surface area contributed by atoms with Gasteiger partial charge in [-0.05, 0) is 32.0 Å². The van der Waals surface area contributed by atoms with Crippen LogP contribution in [-0.4, -0.2) is 22.7 Å². The first-order chi connectivity index (χ1) is 7.84. The van der Waals surface area contributed by atoms with E-state index in [0.29, 0.717) is 0 Å². The molecule has 94 valence electrons. The topological polar surface area (TPSA) is 20.3 Å². The van der Waals surface area contributed by atoms with Gasteiger partial charge in [0, 0.05) is 12.6 Å². The van der Waals surface area contributed by atoms with Crippen molar-refractivity contribution in [3.05, 3.63) is 35.4 Å². The molecule has 5 heteroatoms. The Bertz CT molecular complexity index is 423. The molecule has 1 amide bonds. The predicted octanol–water partition coefficient (Wildman–Crippen LogP) is 3.27. The van der Waals surface area contributed by atoms with Gasteiger partial charge in [0.25, 0.3) is 0 Å². The van der Waals surface area contributed by atoms with E-state index in [1.54, 1.807) is 20.9 Å². The molecule has 2 unspecified atom stereocenters. The Kier molecular flexibility index (Phi) is 4.62. The number of halogens is 3. The summed E-state index contributed by atoms with van der Waals surface area (Å²) < 4.78 is 26.6. The lowest BCUT2D eigenvalue weighted by Gasteiger charge is -2.26. The Labute approximate surface area is 108 Å². The number of benzene rings is 1. The van der Waals surface area contributed by atoms with Crippen molar-refractivity contribution in [2.75, 3.05) is 7.05 Å². The van der Waals surface area contributed by atoms with Crippen LogP contribution >= 0.6 is 15.9 Å². The highest BCUT2D eigenvalue weighted by molar-refractivity contribution is 9.10. The van der Waals surface area contributed by atoms with Crippen molar-refractivity contribution >= 4 is 21.8 Å². The highest BCUT2D eigenvalue weighted by atomic mass is 79.9. The lowest BCUT2D eigenvalue weighted by atomic mass is 10.1. The van der Waals surface area contributed by atoms with Gasteiger partial charge in [-0.25, -0.2) is 8.78 Å². The van der Waals surface area contributed by atoms with Gasteiger partial charge in [-0.15, -0.1) is 0 Å². The van der Waals surface area contributed by atoms with E-state index in [-0.39, 0.29) is 16.3 Å². The van der Waals surface area contributed by atoms with E-state index in [1.807, 2.05) is 0 Å². The maximum absolute atomic E-state index is 13.5. The number of rotatable bonds is 3. The highest BCUT2D eigenvalue weighted by Gasteiger charge is 2.23. The molecule has 1 aromatic carbocycles. The first kappa shape index (κ1) is 14.1. The summed E-state index contributed by atoms with van der Waals surface area (Å²) in [5, 5.41) is 0. The quantitative estimate of drug-likeness (QED) is 0.785. The maximum Gasteiger partial charge on any atom is 0.236 e. The Morgan fingerprint density at radius 1 is 1.35 bits per heavy atom. The number of hydrogen-bond donors (Lipinski definition) is 0. The molecule has 0 aliphatic rings. The summed E-state index contributed by atoms with van der Waals surface area (Å²) in [6, 6.07) is 2.72. The van der Waals surface area contributed by atoms with Crippen LogP contribution in [0.2, 0.25) is 0 Å². The second-order valence-electron chi connectivity index (χ2n) is 3.91. The van der Waals surface area contributed by atoms with E-state index in [9.17, 15) is 13.6 Å². The molecule has 1 rings (SSSR count). The van der Waals surface area contributed by atoms with Crippen LogP contribution in [0.4, 0.5) is 8.78 Å². The second kappa shape index (κ2) is 5.58. The molecule has 0 aliphatic carbocycles. The monoisotopic (exact) mass is 305 g/mol. The van der Waals surface area contributed by atoms with Crippen LogP contribution in [0.3, 0.4) is 0 Å². The van der Waals surface area contributed by atoms with Crippen molar-refractivity contribution in [2.24, 2.45) is 0 Å². The van der Waals surface area contributed by atoms with Crippen molar-refractivity contribution in [1.82, 2.24) is 4.90 Å². The van der Waals surface area contributed by atoms with Gasteiger partial charge < -0.3 is 4.90 Å². The van der Waals surface area contributed by atoms with Gasteiger partial charge in [0.15, 0.2) is 0 Å². The van der Waals surface area contributed by atoms with Gasteiger partial charge in [-0.2, -0.15) is 0 Å². The lowest BCUT2D eigenvalue weighted by Crippen LogP contribution is -2.34. The van der Waals surface area contributed by atoms with Gasteiger partial charge in [-0.1, -0.05) is 15.9 Å². The van der Waals surface area contributed by atoms with Crippen molar-refractivity contribution in [2.45, 2.75) is 24.7 Å². The Hall–Kier alpha value is -0.970. The van der Waals surface area contributed by atoms with Gasteiger partial charge in [-0.3, -0.25) is 4.79 Å². The van der Waals surface area contributed by atoms with Crippen LogP contribution < -0.4 is 0 Å². The highest BCUT2D eigenvalue weighted by Crippen LogP contribution is 2.24. The van der Waals surface area contributed by atoms with Crippen molar-refractivity contribution in [3.63, 3.8) is 0 Å². The summed E-state index contributed by atoms with van der Waals surface area (Å²) in [7, 11) is 1.56. The van der Waals surface area contributed by atoms with Crippen LogP contribution in [0, 0.1) is 11.6 Å². The lowest BCUT2D eigenvalue weighted by molar-refractivity contribution is -0.130. The molecule has 17 heavy (non-hydrogen) atoms. The molecular formula is C12H14BrF2NO. The molecule has 0 spiro atoms. The van der Waals surface area contributed by atoms with E-state index in [2.05, 4.69) is 15.9 Å². The minimum atomic E-state index is -0.516. The fraction of sp³-hybridized carbons (Fsp3) is 0.417. The van der Waals surface area contributed by atoms with E-state index in [4.69, 9.17) is 0 Å². The third-order valence-corrected chi connectivity index (χ3v) is 3.07. The van der Waals surface area contributed by atoms with Crippen LogP contribution in [0.1, 0.15) is 25.5 Å². The average molecular weight is 306 g/mol. The predicted molar refractivity (Wildman–Crippen MR) is 65.9 cm³/mol. The van der Waals surface area contributed by atoms with E-state index in [1.165, 1.54) is 4.90 Å². The zero-order valence-corrected chi connectivity index (χ0v) is 11.5. The minimum Gasteiger partial charge on any atom is -0.338 e. The summed E-state index contributed by atoms with van der Waals surface area (Å²) >= 11 is 3.16. The largest absolute Gasteiger partial charge is 0.338 e. The summed E-state index contributed by atoms with van der Waals surface area (Å²) in [5.41, 5.74) is 0.175. The van der Waals surface area contributed by atoms with Crippen molar-refractivity contribution in [1.29, 1.82) is 0 Å². The average Bonchev–Trinajstić information content (AvgIpc) is 2.29. The molecular weight excluding hydrogens is 292 g/mol. The smallest absolute Gasteiger partial charge is 0.236 e. The molecule has 0 heterocycles. The molecule has 0 saturated heterocycles. The number of carbonyl (C=O) groups excluding carboxylic acids is 1. The number of alkyl halides is 1. The van der Waals surface area contributed by atoms with E-state index >= 15 is 0 Å². The molecule has 2 atom stereocenters. The molecule has 0 bridgehead atoms. The summed E-state index contributed by atoms with van der Waals surface area (Å²) in [6.45, 7) is 3.35. The van der Waals surface area contributed by atoms with E-state index < -0.39 is 17.7 Å². The molecule has 1 aromatic rings. The van der Waals surface area contributed by atoms with Crippen LogP contribution in [0.25, 0.3) is 0 Å². The zero-order valence-electron chi connectivity index (χ0n) is 9.88.